The van der Waals surface area contributed by atoms with Crippen LogP contribution < -0.4 is 5.32 Å². The van der Waals surface area contributed by atoms with E-state index in [1.165, 1.54) is 0 Å². The monoisotopic (exact) mass is 373 g/mol. The SMILES string of the molecule is Cc1cccc(NC(=O)c2c(C)nn(Cc3ccccc3Cl)c2Cl)c1. The zero-order chi connectivity index (χ0) is 18.0. The van der Waals surface area contributed by atoms with Gasteiger partial charge in [0.05, 0.1) is 17.8 Å². The maximum Gasteiger partial charge on any atom is 0.260 e. The maximum absolute atomic E-state index is 12.6. The van der Waals surface area contributed by atoms with Gasteiger partial charge in [-0.3, -0.25) is 4.79 Å². The number of carbonyl (C=O) groups excluding carboxylic acids is 1. The van der Waals surface area contributed by atoms with Crippen molar-refractivity contribution in [3.8, 4) is 0 Å². The van der Waals surface area contributed by atoms with Crippen LogP contribution in [0.4, 0.5) is 5.69 Å². The van der Waals surface area contributed by atoms with Gasteiger partial charge in [-0.25, -0.2) is 4.68 Å². The summed E-state index contributed by atoms with van der Waals surface area (Å²) < 4.78 is 1.59. The summed E-state index contributed by atoms with van der Waals surface area (Å²) in [6.45, 7) is 4.13. The Balaban J connectivity index is 1.86. The van der Waals surface area contributed by atoms with Crippen LogP contribution in [0.2, 0.25) is 10.2 Å². The van der Waals surface area contributed by atoms with Gasteiger partial charge in [-0.1, -0.05) is 53.5 Å². The van der Waals surface area contributed by atoms with Gasteiger partial charge in [0.25, 0.3) is 5.91 Å². The van der Waals surface area contributed by atoms with Crippen LogP contribution in [0.5, 0.6) is 0 Å². The Labute approximate surface area is 156 Å². The van der Waals surface area contributed by atoms with Crippen molar-refractivity contribution in [2.24, 2.45) is 0 Å². The Morgan fingerprint density at radius 1 is 1.12 bits per heavy atom. The van der Waals surface area contributed by atoms with Crippen molar-refractivity contribution in [2.75, 3.05) is 5.32 Å². The largest absolute Gasteiger partial charge is 0.322 e. The van der Waals surface area contributed by atoms with Gasteiger partial charge in [-0.15, -0.1) is 0 Å². The second-order valence-electron chi connectivity index (χ2n) is 5.82. The lowest BCUT2D eigenvalue weighted by atomic mass is 10.2. The normalized spacial score (nSPS) is 10.7. The van der Waals surface area contributed by atoms with Gasteiger partial charge in [-0.2, -0.15) is 5.10 Å². The van der Waals surface area contributed by atoms with Crippen molar-refractivity contribution in [1.82, 2.24) is 9.78 Å². The van der Waals surface area contributed by atoms with Gasteiger partial charge < -0.3 is 5.32 Å². The molecular formula is C19H17Cl2N3O. The molecule has 0 bridgehead atoms. The lowest BCUT2D eigenvalue weighted by molar-refractivity contribution is 0.102. The smallest absolute Gasteiger partial charge is 0.260 e. The predicted octanol–water partition coefficient (Wildman–Crippen LogP) is 5.11. The maximum atomic E-state index is 12.6. The lowest BCUT2D eigenvalue weighted by Crippen LogP contribution is -2.13. The fourth-order valence-corrected chi connectivity index (χ4v) is 3.14. The number of halogens is 2. The van der Waals surface area contributed by atoms with E-state index in [0.717, 1.165) is 16.8 Å². The Kier molecular flexibility index (Phi) is 5.11. The summed E-state index contributed by atoms with van der Waals surface area (Å²) in [5.74, 6) is -0.279. The topological polar surface area (TPSA) is 46.9 Å². The van der Waals surface area contributed by atoms with Gasteiger partial charge in [0.2, 0.25) is 0 Å². The Morgan fingerprint density at radius 2 is 1.88 bits per heavy atom. The van der Waals surface area contributed by atoms with E-state index >= 15 is 0 Å². The zero-order valence-corrected chi connectivity index (χ0v) is 15.4. The minimum absolute atomic E-state index is 0.279. The summed E-state index contributed by atoms with van der Waals surface area (Å²) in [5, 5.41) is 8.19. The molecule has 128 valence electrons. The van der Waals surface area contributed by atoms with Gasteiger partial charge in [0.15, 0.2) is 0 Å². The van der Waals surface area contributed by atoms with Crippen LogP contribution in [0, 0.1) is 13.8 Å². The molecule has 2 aromatic carbocycles. The third kappa shape index (κ3) is 3.86. The number of nitrogens with one attached hydrogen (secondary N) is 1. The van der Waals surface area contributed by atoms with E-state index in [2.05, 4.69) is 10.4 Å². The minimum atomic E-state index is -0.279. The first-order valence-corrected chi connectivity index (χ1v) is 8.55. The number of anilines is 1. The number of carbonyl (C=O) groups is 1. The molecule has 0 aliphatic carbocycles. The summed E-state index contributed by atoms with van der Waals surface area (Å²) >= 11 is 12.6. The van der Waals surface area contributed by atoms with Crippen molar-refractivity contribution in [3.63, 3.8) is 0 Å². The minimum Gasteiger partial charge on any atom is -0.322 e. The molecule has 6 heteroatoms. The molecule has 25 heavy (non-hydrogen) atoms. The molecule has 0 aliphatic heterocycles. The van der Waals surface area contributed by atoms with E-state index in [1.54, 1.807) is 11.6 Å². The van der Waals surface area contributed by atoms with Crippen LogP contribution >= 0.6 is 23.2 Å². The average Bonchev–Trinajstić information content (AvgIpc) is 2.83. The molecule has 4 nitrogen and oxygen atoms in total. The number of nitrogens with zero attached hydrogens (tertiary/aromatic N) is 2. The zero-order valence-electron chi connectivity index (χ0n) is 13.9. The fourth-order valence-electron chi connectivity index (χ4n) is 2.62. The Bertz CT molecular complexity index is 934. The lowest BCUT2D eigenvalue weighted by Gasteiger charge is -2.07. The number of benzene rings is 2. The molecule has 3 aromatic rings. The van der Waals surface area contributed by atoms with Crippen LogP contribution in [0.1, 0.15) is 27.2 Å². The predicted molar refractivity (Wildman–Crippen MR) is 102 cm³/mol. The van der Waals surface area contributed by atoms with Crippen LogP contribution in [-0.2, 0) is 6.54 Å². The second kappa shape index (κ2) is 7.30. The number of aromatic nitrogens is 2. The molecule has 1 amide bonds. The van der Waals surface area contributed by atoms with Crippen LogP contribution in [0.3, 0.4) is 0 Å². The molecule has 0 saturated heterocycles. The molecule has 0 fully saturated rings. The average molecular weight is 374 g/mol. The Morgan fingerprint density at radius 3 is 2.60 bits per heavy atom. The highest BCUT2D eigenvalue weighted by Crippen LogP contribution is 2.24. The fraction of sp³-hybridized carbons (Fsp3) is 0.158. The molecule has 3 rings (SSSR count). The Hall–Kier alpha value is -2.30. The molecule has 1 N–H and O–H groups in total. The molecule has 0 aliphatic rings. The van der Waals surface area contributed by atoms with E-state index in [0.29, 0.717) is 28.0 Å². The van der Waals surface area contributed by atoms with Crippen LogP contribution in [0.15, 0.2) is 48.5 Å². The first-order valence-electron chi connectivity index (χ1n) is 7.80. The highest BCUT2D eigenvalue weighted by molar-refractivity contribution is 6.34. The molecule has 0 atom stereocenters. The second-order valence-corrected chi connectivity index (χ2v) is 6.59. The van der Waals surface area contributed by atoms with Crippen LogP contribution in [0.25, 0.3) is 0 Å². The summed E-state index contributed by atoms with van der Waals surface area (Å²) in [7, 11) is 0. The van der Waals surface area contributed by atoms with Crippen molar-refractivity contribution in [2.45, 2.75) is 20.4 Å². The van der Waals surface area contributed by atoms with Crippen molar-refractivity contribution < 1.29 is 4.79 Å². The van der Waals surface area contributed by atoms with Crippen molar-refractivity contribution in [3.05, 3.63) is 81.1 Å². The van der Waals surface area contributed by atoms with Gasteiger partial charge >= 0.3 is 0 Å². The van der Waals surface area contributed by atoms with E-state index < -0.39 is 0 Å². The highest BCUT2D eigenvalue weighted by Gasteiger charge is 2.21. The molecule has 1 aromatic heterocycles. The summed E-state index contributed by atoms with van der Waals surface area (Å²) in [6.07, 6.45) is 0. The van der Waals surface area contributed by atoms with Crippen molar-refractivity contribution >= 4 is 34.8 Å². The molecule has 0 radical (unpaired) electrons. The number of aryl methyl sites for hydroxylation is 2. The number of hydrogen-bond acceptors (Lipinski definition) is 2. The molecular weight excluding hydrogens is 357 g/mol. The third-order valence-corrected chi connectivity index (χ3v) is 4.60. The first kappa shape index (κ1) is 17.5. The molecule has 0 unspecified atom stereocenters. The molecule has 0 spiro atoms. The van der Waals surface area contributed by atoms with E-state index in [-0.39, 0.29) is 5.91 Å². The summed E-state index contributed by atoms with van der Waals surface area (Å²) in [5.41, 5.74) is 3.62. The van der Waals surface area contributed by atoms with E-state index in [1.807, 2.05) is 55.5 Å². The third-order valence-electron chi connectivity index (χ3n) is 3.85. The van der Waals surface area contributed by atoms with Gasteiger partial charge in [0.1, 0.15) is 5.15 Å². The number of hydrogen-bond donors (Lipinski definition) is 1. The van der Waals surface area contributed by atoms with Gasteiger partial charge in [0, 0.05) is 10.7 Å². The summed E-state index contributed by atoms with van der Waals surface area (Å²) in [6, 6.07) is 15.1. The first-order chi connectivity index (χ1) is 12.0. The quantitative estimate of drug-likeness (QED) is 0.690. The summed E-state index contributed by atoms with van der Waals surface area (Å²) in [4.78, 5) is 12.6. The van der Waals surface area contributed by atoms with E-state index in [9.17, 15) is 4.79 Å². The van der Waals surface area contributed by atoms with Crippen LogP contribution in [-0.4, -0.2) is 15.7 Å². The standard InChI is InChI=1S/C19H17Cl2N3O/c1-12-6-5-8-15(10-12)22-19(25)17-13(2)23-24(18(17)21)11-14-7-3-4-9-16(14)20/h3-10H,11H2,1-2H3,(H,22,25). The van der Waals surface area contributed by atoms with Gasteiger partial charge in [-0.05, 0) is 43.2 Å². The number of amides is 1. The highest BCUT2D eigenvalue weighted by atomic mass is 35.5. The molecule has 0 saturated carbocycles. The number of rotatable bonds is 4. The van der Waals surface area contributed by atoms with E-state index in [4.69, 9.17) is 23.2 Å². The van der Waals surface area contributed by atoms with Crippen molar-refractivity contribution in [1.29, 1.82) is 0 Å². The molecule has 1 heterocycles.